The highest BCUT2D eigenvalue weighted by molar-refractivity contribution is 5.10. The first-order chi connectivity index (χ1) is 7.80. The molecule has 0 aliphatic heterocycles. The molecule has 0 radical (unpaired) electrons. The lowest BCUT2D eigenvalue weighted by Crippen LogP contribution is -2.38. The number of nitrogens with zero attached hydrogens (tertiary/aromatic N) is 2. The summed E-state index contributed by atoms with van der Waals surface area (Å²) in [6, 6.07) is 0. The molecule has 1 aliphatic rings. The second kappa shape index (κ2) is 4.95. The summed E-state index contributed by atoms with van der Waals surface area (Å²) in [6.45, 7) is 2.83. The third-order valence-corrected chi connectivity index (χ3v) is 3.69. The van der Waals surface area contributed by atoms with Crippen LogP contribution in [0.5, 0.6) is 0 Å². The van der Waals surface area contributed by atoms with E-state index in [-0.39, 0.29) is 5.41 Å². The molecule has 1 aliphatic carbocycles. The Morgan fingerprint density at radius 3 is 2.69 bits per heavy atom. The zero-order chi connectivity index (χ0) is 11.4. The minimum atomic E-state index is 0.0563. The molecule has 1 fully saturated rings. The summed E-state index contributed by atoms with van der Waals surface area (Å²) in [7, 11) is 0. The molecule has 0 atom stereocenters. The highest BCUT2D eigenvalue weighted by atomic mass is 15.2. The zero-order valence-corrected chi connectivity index (χ0v) is 10.1. The summed E-state index contributed by atoms with van der Waals surface area (Å²) in [5.41, 5.74) is 6.02. The van der Waals surface area contributed by atoms with Gasteiger partial charge in [-0.1, -0.05) is 26.2 Å². The van der Waals surface area contributed by atoms with E-state index in [1.807, 2.05) is 0 Å². The van der Waals surface area contributed by atoms with Crippen LogP contribution in [-0.2, 0) is 11.8 Å². The molecule has 1 aromatic heterocycles. The second-order valence-electron chi connectivity index (χ2n) is 4.90. The second-order valence-corrected chi connectivity index (χ2v) is 4.90. The van der Waals surface area contributed by atoms with E-state index in [1.165, 1.54) is 19.3 Å². The SMILES string of the molecule is CCCc1nc(C2(CN)CCCCC2)n[nH]1. The quantitative estimate of drug-likeness (QED) is 0.817. The van der Waals surface area contributed by atoms with Crippen LogP contribution in [0.2, 0.25) is 0 Å². The summed E-state index contributed by atoms with van der Waals surface area (Å²) < 4.78 is 0. The van der Waals surface area contributed by atoms with Crippen molar-refractivity contribution in [3.8, 4) is 0 Å². The molecule has 0 bridgehead atoms. The van der Waals surface area contributed by atoms with Crippen molar-refractivity contribution in [3.05, 3.63) is 11.6 Å². The van der Waals surface area contributed by atoms with E-state index < -0.39 is 0 Å². The molecule has 16 heavy (non-hydrogen) atoms. The molecule has 0 amide bonds. The molecule has 0 saturated heterocycles. The average Bonchev–Trinajstić information content (AvgIpc) is 2.80. The Balaban J connectivity index is 2.18. The number of aryl methyl sites for hydroxylation is 1. The van der Waals surface area contributed by atoms with Gasteiger partial charge in [0.2, 0.25) is 0 Å². The van der Waals surface area contributed by atoms with Gasteiger partial charge in [0.1, 0.15) is 5.82 Å². The van der Waals surface area contributed by atoms with Crippen LogP contribution in [0, 0.1) is 0 Å². The molecule has 2 rings (SSSR count). The number of nitrogens with two attached hydrogens (primary N) is 1. The number of hydrogen-bond donors (Lipinski definition) is 2. The van der Waals surface area contributed by atoms with Crippen LogP contribution in [-0.4, -0.2) is 21.7 Å². The van der Waals surface area contributed by atoms with E-state index in [0.29, 0.717) is 6.54 Å². The largest absolute Gasteiger partial charge is 0.329 e. The fourth-order valence-electron chi connectivity index (χ4n) is 2.63. The Labute approximate surface area is 97.0 Å². The van der Waals surface area contributed by atoms with Gasteiger partial charge in [-0.05, 0) is 19.3 Å². The van der Waals surface area contributed by atoms with Gasteiger partial charge in [-0.25, -0.2) is 4.98 Å². The van der Waals surface area contributed by atoms with Gasteiger partial charge >= 0.3 is 0 Å². The molecular formula is C12H22N4. The van der Waals surface area contributed by atoms with Gasteiger partial charge in [-0.2, -0.15) is 5.10 Å². The van der Waals surface area contributed by atoms with Gasteiger partial charge in [0.25, 0.3) is 0 Å². The lowest BCUT2D eigenvalue weighted by Gasteiger charge is -2.33. The van der Waals surface area contributed by atoms with Crippen LogP contribution in [0.1, 0.15) is 57.1 Å². The Bertz CT molecular complexity index is 326. The highest BCUT2D eigenvalue weighted by Crippen LogP contribution is 2.36. The van der Waals surface area contributed by atoms with E-state index in [1.54, 1.807) is 0 Å². The fourth-order valence-corrected chi connectivity index (χ4v) is 2.63. The molecule has 1 saturated carbocycles. The van der Waals surface area contributed by atoms with Gasteiger partial charge < -0.3 is 5.73 Å². The lowest BCUT2D eigenvalue weighted by molar-refractivity contribution is 0.286. The highest BCUT2D eigenvalue weighted by Gasteiger charge is 2.36. The first kappa shape index (κ1) is 11.6. The lowest BCUT2D eigenvalue weighted by atomic mass is 9.73. The molecule has 3 N–H and O–H groups in total. The van der Waals surface area contributed by atoms with Gasteiger partial charge in [0, 0.05) is 18.4 Å². The van der Waals surface area contributed by atoms with Crippen molar-refractivity contribution >= 4 is 0 Å². The van der Waals surface area contributed by atoms with E-state index in [9.17, 15) is 0 Å². The van der Waals surface area contributed by atoms with E-state index >= 15 is 0 Å². The number of hydrogen-bond acceptors (Lipinski definition) is 3. The van der Waals surface area contributed by atoms with Gasteiger partial charge in [-0.3, -0.25) is 5.10 Å². The Morgan fingerprint density at radius 1 is 1.31 bits per heavy atom. The van der Waals surface area contributed by atoms with Crippen LogP contribution in [0.3, 0.4) is 0 Å². The normalized spacial score (nSPS) is 19.9. The van der Waals surface area contributed by atoms with Crippen LogP contribution < -0.4 is 5.73 Å². The summed E-state index contributed by atoms with van der Waals surface area (Å²) >= 11 is 0. The van der Waals surface area contributed by atoms with Crippen molar-refractivity contribution in [2.45, 2.75) is 57.3 Å². The van der Waals surface area contributed by atoms with Crippen LogP contribution >= 0.6 is 0 Å². The number of aromatic nitrogens is 3. The topological polar surface area (TPSA) is 67.6 Å². The first-order valence-electron chi connectivity index (χ1n) is 6.42. The monoisotopic (exact) mass is 222 g/mol. The van der Waals surface area contributed by atoms with Gasteiger partial charge in [0.05, 0.1) is 0 Å². The molecule has 0 unspecified atom stereocenters. The molecule has 0 spiro atoms. The molecule has 0 aromatic carbocycles. The summed E-state index contributed by atoms with van der Waals surface area (Å²) in [4.78, 5) is 4.62. The molecule has 1 aromatic rings. The number of nitrogens with one attached hydrogen (secondary N) is 1. The van der Waals surface area contributed by atoms with Crippen molar-refractivity contribution < 1.29 is 0 Å². The van der Waals surface area contributed by atoms with Gasteiger partial charge in [-0.15, -0.1) is 0 Å². The summed E-state index contributed by atoms with van der Waals surface area (Å²) in [6.07, 6.45) is 8.22. The average molecular weight is 222 g/mol. The maximum atomic E-state index is 5.96. The maximum Gasteiger partial charge on any atom is 0.158 e. The Morgan fingerprint density at radius 2 is 2.06 bits per heavy atom. The molecular weight excluding hydrogens is 200 g/mol. The number of rotatable bonds is 4. The van der Waals surface area contributed by atoms with Crippen molar-refractivity contribution in [1.29, 1.82) is 0 Å². The first-order valence-corrected chi connectivity index (χ1v) is 6.42. The maximum absolute atomic E-state index is 5.96. The van der Waals surface area contributed by atoms with E-state index in [4.69, 9.17) is 5.73 Å². The summed E-state index contributed by atoms with van der Waals surface area (Å²) in [5, 5.41) is 7.43. The van der Waals surface area contributed by atoms with Crippen LogP contribution in [0.4, 0.5) is 0 Å². The molecule has 4 nitrogen and oxygen atoms in total. The fraction of sp³-hybridized carbons (Fsp3) is 0.833. The Hall–Kier alpha value is -0.900. The molecule has 4 heteroatoms. The Kier molecular flexibility index (Phi) is 3.59. The predicted molar refractivity (Wildman–Crippen MR) is 64.2 cm³/mol. The number of aromatic amines is 1. The summed E-state index contributed by atoms with van der Waals surface area (Å²) in [5.74, 6) is 1.97. The van der Waals surface area contributed by atoms with Crippen molar-refractivity contribution in [2.24, 2.45) is 5.73 Å². The standard InChI is InChI=1S/C12H22N4/c1-2-6-10-14-11(16-15-10)12(9-13)7-4-3-5-8-12/h2-9,13H2,1H3,(H,14,15,16). The van der Waals surface area contributed by atoms with Crippen molar-refractivity contribution in [2.75, 3.05) is 6.54 Å². The zero-order valence-electron chi connectivity index (χ0n) is 10.1. The predicted octanol–water partition coefficient (Wildman–Crippen LogP) is 1.92. The minimum absolute atomic E-state index is 0.0563. The van der Waals surface area contributed by atoms with Crippen molar-refractivity contribution in [1.82, 2.24) is 15.2 Å². The van der Waals surface area contributed by atoms with E-state index in [2.05, 4.69) is 22.1 Å². The van der Waals surface area contributed by atoms with Crippen LogP contribution in [0.25, 0.3) is 0 Å². The smallest absolute Gasteiger partial charge is 0.158 e. The third-order valence-electron chi connectivity index (χ3n) is 3.69. The van der Waals surface area contributed by atoms with Gasteiger partial charge in [0.15, 0.2) is 5.82 Å². The van der Waals surface area contributed by atoms with E-state index in [0.717, 1.165) is 37.3 Å². The minimum Gasteiger partial charge on any atom is -0.329 e. The third kappa shape index (κ3) is 2.12. The molecule has 1 heterocycles. The van der Waals surface area contributed by atoms with Crippen molar-refractivity contribution in [3.63, 3.8) is 0 Å². The van der Waals surface area contributed by atoms with Crippen LogP contribution in [0.15, 0.2) is 0 Å². The number of H-pyrrole nitrogens is 1. The molecule has 90 valence electrons.